The summed E-state index contributed by atoms with van der Waals surface area (Å²) in [7, 11) is 3.92. The number of fused-ring (bicyclic) bond motifs is 1. The summed E-state index contributed by atoms with van der Waals surface area (Å²) in [4.78, 5) is 6.11. The highest BCUT2D eigenvalue weighted by Crippen LogP contribution is 2.38. The molecule has 0 bridgehead atoms. The van der Waals surface area contributed by atoms with Gasteiger partial charge in [0.25, 0.3) is 0 Å². The lowest BCUT2D eigenvalue weighted by molar-refractivity contribution is 0.318. The Morgan fingerprint density at radius 3 is 2.63 bits per heavy atom. The van der Waals surface area contributed by atoms with Crippen LogP contribution in [0.1, 0.15) is 18.7 Å². The van der Waals surface area contributed by atoms with Crippen molar-refractivity contribution in [3.63, 3.8) is 0 Å². The fourth-order valence-corrected chi connectivity index (χ4v) is 6.05. The summed E-state index contributed by atoms with van der Waals surface area (Å²) < 4.78 is 44.0. The molecule has 35 heavy (non-hydrogen) atoms. The Labute approximate surface area is 207 Å². The molecule has 5 rings (SSSR count). The average molecular weight is 503 g/mol. The zero-order chi connectivity index (χ0) is 24.7. The van der Waals surface area contributed by atoms with Crippen molar-refractivity contribution in [1.29, 1.82) is 0 Å². The second kappa shape index (κ2) is 9.73. The van der Waals surface area contributed by atoms with Crippen molar-refractivity contribution in [2.24, 2.45) is 13.0 Å². The Bertz CT molecular complexity index is 1170. The summed E-state index contributed by atoms with van der Waals surface area (Å²) in [6.07, 6.45) is 7.82. The number of hydrogen-bond donors (Lipinski definition) is 0. The van der Waals surface area contributed by atoms with Gasteiger partial charge in [0.15, 0.2) is 22.6 Å². The minimum absolute atomic E-state index is 0.0593. The van der Waals surface area contributed by atoms with E-state index in [4.69, 9.17) is 0 Å². The first-order chi connectivity index (χ1) is 16.8. The molecule has 0 unspecified atom stereocenters. The van der Waals surface area contributed by atoms with Crippen LogP contribution in [0, 0.1) is 23.4 Å². The SMILES string of the molecule is C=C1C=C(c2nnc(SCCCN3C[C@@H]4CCN(c5c(F)cc(F)cc5F)[C@@H]4C3)n2C)C=CN1C. The average Bonchev–Trinajstić information content (AvgIpc) is 3.48. The van der Waals surface area contributed by atoms with Crippen molar-refractivity contribution in [1.82, 2.24) is 24.6 Å². The molecule has 2 aromatic rings. The van der Waals surface area contributed by atoms with Crippen molar-refractivity contribution in [3.05, 3.63) is 66.0 Å². The lowest BCUT2D eigenvalue weighted by Gasteiger charge is -2.27. The molecular formula is C25H29F3N6S. The van der Waals surface area contributed by atoms with Gasteiger partial charge in [-0.25, -0.2) is 13.2 Å². The summed E-state index contributed by atoms with van der Waals surface area (Å²) in [5.41, 5.74) is 1.79. The molecule has 6 nitrogen and oxygen atoms in total. The number of rotatable bonds is 7. The molecule has 3 aliphatic heterocycles. The van der Waals surface area contributed by atoms with Gasteiger partial charge in [-0.1, -0.05) is 18.3 Å². The van der Waals surface area contributed by atoms with Gasteiger partial charge in [0.1, 0.15) is 11.5 Å². The number of nitrogens with zero attached hydrogens (tertiary/aromatic N) is 6. The normalized spacial score (nSPS) is 22.3. The summed E-state index contributed by atoms with van der Waals surface area (Å²) in [5, 5.41) is 9.59. The van der Waals surface area contributed by atoms with E-state index in [9.17, 15) is 13.2 Å². The van der Waals surface area contributed by atoms with Gasteiger partial charge in [0, 0.05) is 75.1 Å². The molecule has 10 heteroatoms. The smallest absolute Gasteiger partial charge is 0.191 e. The zero-order valence-corrected chi connectivity index (χ0v) is 20.7. The molecule has 0 radical (unpaired) electrons. The topological polar surface area (TPSA) is 40.4 Å². The van der Waals surface area contributed by atoms with E-state index in [1.807, 2.05) is 41.9 Å². The lowest BCUT2D eigenvalue weighted by atomic mass is 10.0. The summed E-state index contributed by atoms with van der Waals surface area (Å²) in [5.74, 6) is -0.449. The van der Waals surface area contributed by atoms with Crippen LogP contribution in [-0.2, 0) is 7.05 Å². The predicted octanol–water partition coefficient (Wildman–Crippen LogP) is 4.28. The van der Waals surface area contributed by atoms with Gasteiger partial charge in [0.2, 0.25) is 0 Å². The Hall–Kier alpha value is -2.72. The molecule has 4 heterocycles. The van der Waals surface area contributed by atoms with Crippen LogP contribution >= 0.6 is 11.8 Å². The summed E-state index contributed by atoms with van der Waals surface area (Å²) >= 11 is 1.67. The third-order valence-corrected chi connectivity index (χ3v) is 8.19. The Morgan fingerprint density at radius 2 is 1.89 bits per heavy atom. The van der Waals surface area contributed by atoms with E-state index in [1.165, 1.54) is 0 Å². The second-order valence-corrected chi connectivity index (χ2v) is 10.4. The number of hydrogen-bond acceptors (Lipinski definition) is 6. The number of thioether (sulfide) groups is 1. The molecule has 1 aromatic carbocycles. The largest absolute Gasteiger partial charge is 0.362 e. The Balaban J connectivity index is 1.13. The van der Waals surface area contributed by atoms with Gasteiger partial charge in [-0.3, -0.25) is 0 Å². The molecule has 0 N–H and O–H groups in total. The standard InChI is InChI=1S/C25H29F3N6S/c1-16-11-17(5-8-31(16)2)24-29-30-25(32(24)3)35-10-4-7-33-14-18-6-9-34(22(18)15-33)23-20(27)12-19(26)13-21(23)28/h5,8,11-13,18,22H,1,4,6-7,9-10,14-15H2,2-3H3/t18-,22+/m0/s1. The molecule has 2 fully saturated rings. The van der Waals surface area contributed by atoms with E-state index < -0.39 is 17.5 Å². The Morgan fingerprint density at radius 1 is 1.11 bits per heavy atom. The number of aromatic nitrogens is 3. The van der Waals surface area contributed by atoms with Gasteiger partial charge in [-0.2, -0.15) is 0 Å². The zero-order valence-electron chi connectivity index (χ0n) is 19.9. The van der Waals surface area contributed by atoms with Gasteiger partial charge < -0.3 is 19.3 Å². The van der Waals surface area contributed by atoms with Crippen LogP contribution in [0.2, 0.25) is 0 Å². The van der Waals surface area contributed by atoms with Crippen molar-refractivity contribution in [2.45, 2.75) is 24.0 Å². The van der Waals surface area contributed by atoms with E-state index in [2.05, 4.69) is 21.7 Å². The van der Waals surface area contributed by atoms with E-state index in [0.717, 1.165) is 72.6 Å². The van der Waals surface area contributed by atoms with E-state index in [0.29, 0.717) is 12.5 Å². The summed E-state index contributed by atoms with van der Waals surface area (Å²) in [6.45, 7) is 7.23. The molecule has 2 saturated heterocycles. The van der Waals surface area contributed by atoms with Crippen molar-refractivity contribution < 1.29 is 13.2 Å². The molecule has 0 saturated carbocycles. The highest BCUT2D eigenvalue weighted by atomic mass is 32.2. The van der Waals surface area contributed by atoms with Crippen LogP contribution in [0.4, 0.5) is 18.9 Å². The lowest BCUT2D eigenvalue weighted by Crippen LogP contribution is -2.36. The van der Waals surface area contributed by atoms with Crippen LogP contribution < -0.4 is 4.90 Å². The minimum Gasteiger partial charge on any atom is -0.362 e. The van der Waals surface area contributed by atoms with Crippen molar-refractivity contribution >= 4 is 23.0 Å². The highest BCUT2D eigenvalue weighted by Gasteiger charge is 2.42. The summed E-state index contributed by atoms with van der Waals surface area (Å²) in [6, 6.07) is 1.59. The number of anilines is 1. The molecule has 0 aliphatic carbocycles. The Kier molecular flexibility index (Phi) is 6.67. The number of benzene rings is 1. The maximum Gasteiger partial charge on any atom is 0.191 e. The van der Waals surface area contributed by atoms with Gasteiger partial charge >= 0.3 is 0 Å². The number of likely N-dealkylation sites (N-methyl/N-ethyl adjacent to an activating group) is 1. The van der Waals surface area contributed by atoms with Gasteiger partial charge in [0.05, 0.1) is 0 Å². The maximum atomic E-state index is 14.4. The van der Waals surface area contributed by atoms with E-state index in [1.54, 1.807) is 16.7 Å². The molecule has 3 aliphatic rings. The third kappa shape index (κ3) is 4.73. The fourth-order valence-electron chi connectivity index (χ4n) is 5.22. The number of halogens is 3. The molecule has 0 spiro atoms. The van der Waals surface area contributed by atoms with Crippen molar-refractivity contribution in [3.8, 4) is 0 Å². The first kappa shape index (κ1) is 24.0. The van der Waals surface area contributed by atoms with E-state index in [-0.39, 0.29) is 11.7 Å². The predicted molar refractivity (Wildman–Crippen MR) is 132 cm³/mol. The molecule has 2 atom stereocenters. The quantitative estimate of drug-likeness (QED) is 0.416. The van der Waals surface area contributed by atoms with Crippen LogP contribution in [0.5, 0.6) is 0 Å². The second-order valence-electron chi connectivity index (χ2n) is 9.37. The third-order valence-electron chi connectivity index (χ3n) is 7.09. The molecule has 186 valence electrons. The van der Waals surface area contributed by atoms with Crippen LogP contribution in [0.25, 0.3) is 5.57 Å². The van der Waals surface area contributed by atoms with Gasteiger partial charge in [-0.05, 0) is 37.5 Å². The van der Waals surface area contributed by atoms with Crippen LogP contribution in [-0.4, -0.2) is 69.6 Å². The van der Waals surface area contributed by atoms with Crippen molar-refractivity contribution in [2.75, 3.05) is 43.9 Å². The van der Waals surface area contributed by atoms with Crippen LogP contribution in [0.15, 0.2) is 47.9 Å². The number of allylic oxidation sites excluding steroid dienone is 3. The highest BCUT2D eigenvalue weighted by molar-refractivity contribution is 7.99. The monoisotopic (exact) mass is 502 g/mol. The first-order valence-corrected chi connectivity index (χ1v) is 12.8. The van der Waals surface area contributed by atoms with Gasteiger partial charge in [-0.15, -0.1) is 10.2 Å². The number of likely N-dealkylation sites (tertiary alicyclic amines) is 1. The minimum atomic E-state index is -0.884. The molecular weight excluding hydrogens is 473 g/mol. The fraction of sp³-hybridized carbons (Fsp3) is 0.440. The first-order valence-electron chi connectivity index (χ1n) is 11.8. The molecule has 0 amide bonds. The van der Waals surface area contributed by atoms with Crippen LogP contribution in [0.3, 0.4) is 0 Å². The maximum absolute atomic E-state index is 14.4. The molecule has 1 aromatic heterocycles. The van der Waals surface area contributed by atoms with E-state index >= 15 is 0 Å².